The first-order chi connectivity index (χ1) is 16.3. The predicted molar refractivity (Wildman–Crippen MR) is 131 cm³/mol. The van der Waals surface area contributed by atoms with E-state index in [9.17, 15) is 13.2 Å². The summed E-state index contributed by atoms with van der Waals surface area (Å²) in [6.45, 7) is 5.24. The van der Waals surface area contributed by atoms with Crippen LogP contribution in [-0.2, 0) is 14.8 Å². The first-order valence-corrected chi connectivity index (χ1v) is 13.1. The minimum absolute atomic E-state index is 0.0557. The van der Waals surface area contributed by atoms with Gasteiger partial charge in [0, 0.05) is 45.0 Å². The van der Waals surface area contributed by atoms with Crippen LogP contribution in [0.3, 0.4) is 0 Å². The highest BCUT2D eigenvalue weighted by Crippen LogP contribution is 2.28. The van der Waals surface area contributed by atoms with Gasteiger partial charge in [-0.25, -0.2) is 8.42 Å². The maximum Gasteiger partial charge on any atom is 0.243 e. The Morgan fingerprint density at radius 2 is 1.65 bits per heavy atom. The van der Waals surface area contributed by atoms with Crippen LogP contribution in [0.4, 0.5) is 5.69 Å². The number of sulfonamides is 1. The molecule has 8 nitrogen and oxygen atoms in total. The molecule has 0 aliphatic carbocycles. The molecule has 2 heterocycles. The molecule has 9 heteroatoms. The number of hydrogen-bond donors (Lipinski definition) is 0. The van der Waals surface area contributed by atoms with Crippen LogP contribution in [0.25, 0.3) is 0 Å². The molecular formula is C25H33N3O5S. The van der Waals surface area contributed by atoms with Gasteiger partial charge in [0.25, 0.3) is 0 Å². The molecule has 2 aliphatic heterocycles. The van der Waals surface area contributed by atoms with Gasteiger partial charge in [-0.2, -0.15) is 4.31 Å². The second-order valence-corrected chi connectivity index (χ2v) is 10.8. The average Bonchev–Trinajstić information content (AvgIpc) is 2.88. The van der Waals surface area contributed by atoms with Crippen molar-refractivity contribution in [1.29, 1.82) is 0 Å². The fourth-order valence-electron chi connectivity index (χ4n) is 4.76. The number of amides is 1. The zero-order valence-electron chi connectivity index (χ0n) is 20.1. The molecular weight excluding hydrogens is 454 g/mol. The summed E-state index contributed by atoms with van der Waals surface area (Å²) in [6, 6.07) is 12.8. The summed E-state index contributed by atoms with van der Waals surface area (Å²) in [6.07, 6.45) is 1.39. The number of piperazine rings is 1. The molecule has 1 amide bonds. The monoisotopic (exact) mass is 487 g/mol. The van der Waals surface area contributed by atoms with E-state index in [1.807, 2.05) is 36.1 Å². The minimum atomic E-state index is -3.67. The first kappa shape index (κ1) is 24.3. The first-order valence-electron chi connectivity index (χ1n) is 11.7. The van der Waals surface area contributed by atoms with Gasteiger partial charge < -0.3 is 19.3 Å². The molecule has 0 bridgehead atoms. The van der Waals surface area contributed by atoms with Crippen molar-refractivity contribution in [3.63, 3.8) is 0 Å². The normalized spacial score (nSPS) is 19.7. The molecule has 184 valence electrons. The molecule has 2 aromatic rings. The SMILES string of the molecule is COc1ccc(N2CCN(C(=O)C3CCCN(S(=O)(=O)c4ccc(OC)c(C)c4)C3)CC2)cc1. The second kappa shape index (κ2) is 10.2. The standard InChI is InChI=1S/C25H33N3O5S/c1-19-17-23(10-11-24(19)33-3)34(30,31)28-12-4-5-20(18-28)25(29)27-15-13-26(14-16-27)21-6-8-22(32-2)9-7-21/h6-11,17,20H,4-5,12-16,18H2,1-3H3. The van der Waals surface area contributed by atoms with Gasteiger partial charge in [-0.15, -0.1) is 0 Å². The Kier molecular flexibility index (Phi) is 7.33. The summed E-state index contributed by atoms with van der Waals surface area (Å²) in [5.74, 6) is 1.22. The third kappa shape index (κ3) is 5.00. The van der Waals surface area contributed by atoms with Crippen molar-refractivity contribution in [2.45, 2.75) is 24.7 Å². The van der Waals surface area contributed by atoms with E-state index in [2.05, 4.69) is 4.90 Å². The Morgan fingerprint density at radius 1 is 0.941 bits per heavy atom. The van der Waals surface area contributed by atoms with E-state index in [0.29, 0.717) is 38.2 Å². The zero-order chi connectivity index (χ0) is 24.3. The van der Waals surface area contributed by atoms with Crippen molar-refractivity contribution >= 4 is 21.6 Å². The van der Waals surface area contributed by atoms with E-state index in [-0.39, 0.29) is 23.3 Å². The number of rotatable bonds is 6. The number of aryl methyl sites for hydroxylation is 1. The van der Waals surface area contributed by atoms with Crippen LogP contribution >= 0.6 is 0 Å². The summed E-state index contributed by atoms with van der Waals surface area (Å²) in [7, 11) is -0.457. The van der Waals surface area contributed by atoms with E-state index in [4.69, 9.17) is 9.47 Å². The van der Waals surface area contributed by atoms with Gasteiger partial charge in [0.05, 0.1) is 25.0 Å². The number of nitrogens with zero attached hydrogens (tertiary/aromatic N) is 3. The summed E-state index contributed by atoms with van der Waals surface area (Å²) in [4.78, 5) is 17.7. The lowest BCUT2D eigenvalue weighted by Crippen LogP contribution is -2.53. The molecule has 2 fully saturated rings. The predicted octanol–water partition coefficient (Wildman–Crippen LogP) is 2.76. The fraction of sp³-hybridized carbons (Fsp3) is 0.480. The smallest absolute Gasteiger partial charge is 0.243 e. The van der Waals surface area contributed by atoms with Gasteiger partial charge in [-0.05, 0) is 67.8 Å². The number of carbonyl (C=O) groups is 1. The van der Waals surface area contributed by atoms with Crippen LogP contribution in [0.5, 0.6) is 11.5 Å². The molecule has 0 spiro atoms. The Hall–Kier alpha value is -2.78. The molecule has 0 N–H and O–H groups in total. The number of benzene rings is 2. The quantitative estimate of drug-likeness (QED) is 0.624. The van der Waals surface area contributed by atoms with Crippen LogP contribution < -0.4 is 14.4 Å². The minimum Gasteiger partial charge on any atom is -0.497 e. The number of hydrogen-bond acceptors (Lipinski definition) is 6. The zero-order valence-corrected chi connectivity index (χ0v) is 20.9. The molecule has 4 rings (SSSR count). The van der Waals surface area contributed by atoms with Crippen LogP contribution in [0.1, 0.15) is 18.4 Å². The Balaban J connectivity index is 1.38. The van der Waals surface area contributed by atoms with Crippen molar-refractivity contribution in [1.82, 2.24) is 9.21 Å². The third-order valence-electron chi connectivity index (χ3n) is 6.77. The number of methoxy groups -OCH3 is 2. The van der Waals surface area contributed by atoms with E-state index in [1.165, 1.54) is 4.31 Å². The molecule has 0 saturated carbocycles. The van der Waals surface area contributed by atoms with Crippen LogP contribution in [0, 0.1) is 12.8 Å². The lowest BCUT2D eigenvalue weighted by atomic mass is 9.97. The van der Waals surface area contributed by atoms with Crippen molar-refractivity contribution < 1.29 is 22.7 Å². The van der Waals surface area contributed by atoms with Gasteiger partial charge in [-0.1, -0.05) is 0 Å². The maximum absolute atomic E-state index is 13.3. The highest BCUT2D eigenvalue weighted by molar-refractivity contribution is 7.89. The van der Waals surface area contributed by atoms with Gasteiger partial charge in [0.1, 0.15) is 11.5 Å². The molecule has 2 saturated heterocycles. The van der Waals surface area contributed by atoms with Gasteiger partial charge >= 0.3 is 0 Å². The molecule has 1 unspecified atom stereocenters. The topological polar surface area (TPSA) is 79.4 Å². The number of ether oxygens (including phenoxy) is 2. The van der Waals surface area contributed by atoms with Crippen LogP contribution in [0.2, 0.25) is 0 Å². The van der Waals surface area contributed by atoms with Crippen molar-refractivity contribution in [2.75, 3.05) is 58.4 Å². The largest absolute Gasteiger partial charge is 0.497 e. The molecule has 2 aromatic carbocycles. The highest BCUT2D eigenvalue weighted by atomic mass is 32.2. The van der Waals surface area contributed by atoms with E-state index < -0.39 is 10.0 Å². The summed E-state index contributed by atoms with van der Waals surface area (Å²) in [5, 5.41) is 0. The Labute approximate surface area is 202 Å². The van der Waals surface area contributed by atoms with Gasteiger partial charge in [-0.3, -0.25) is 4.79 Å². The third-order valence-corrected chi connectivity index (χ3v) is 8.63. The lowest BCUT2D eigenvalue weighted by molar-refractivity contribution is -0.137. The van der Waals surface area contributed by atoms with Gasteiger partial charge in [0.2, 0.25) is 15.9 Å². The van der Waals surface area contributed by atoms with Crippen molar-refractivity contribution in [3.8, 4) is 11.5 Å². The van der Waals surface area contributed by atoms with Crippen LogP contribution in [-0.4, -0.2) is 77.0 Å². The van der Waals surface area contributed by atoms with Crippen molar-refractivity contribution in [2.24, 2.45) is 5.92 Å². The molecule has 2 aliphatic rings. The molecule has 1 atom stereocenters. The lowest BCUT2D eigenvalue weighted by Gasteiger charge is -2.39. The summed E-state index contributed by atoms with van der Waals surface area (Å²) < 4.78 is 38.5. The summed E-state index contributed by atoms with van der Waals surface area (Å²) in [5.41, 5.74) is 1.88. The second-order valence-electron chi connectivity index (χ2n) is 8.84. The Bertz CT molecular complexity index is 1110. The number of anilines is 1. The van der Waals surface area contributed by atoms with E-state index >= 15 is 0 Å². The molecule has 34 heavy (non-hydrogen) atoms. The van der Waals surface area contributed by atoms with E-state index in [1.54, 1.807) is 32.4 Å². The Morgan fingerprint density at radius 3 is 2.26 bits per heavy atom. The van der Waals surface area contributed by atoms with Crippen molar-refractivity contribution in [3.05, 3.63) is 48.0 Å². The van der Waals surface area contributed by atoms with E-state index in [0.717, 1.165) is 30.1 Å². The molecule has 0 radical (unpaired) electrons. The average molecular weight is 488 g/mol. The number of carbonyl (C=O) groups excluding carboxylic acids is 1. The van der Waals surface area contributed by atoms with Crippen LogP contribution in [0.15, 0.2) is 47.4 Å². The highest BCUT2D eigenvalue weighted by Gasteiger charge is 2.36. The molecule has 0 aromatic heterocycles. The number of piperidine rings is 1. The maximum atomic E-state index is 13.3. The summed E-state index contributed by atoms with van der Waals surface area (Å²) >= 11 is 0. The fourth-order valence-corrected chi connectivity index (χ4v) is 6.37. The van der Waals surface area contributed by atoms with Gasteiger partial charge in [0.15, 0.2) is 0 Å².